The predicted octanol–water partition coefficient (Wildman–Crippen LogP) is 4.41. The number of benzene rings is 1. The summed E-state index contributed by atoms with van der Waals surface area (Å²) in [5.74, 6) is 0. The molecule has 0 atom stereocenters. The number of aryl methyl sites for hydroxylation is 1. The maximum atomic E-state index is 5.08. The molecule has 1 aromatic heterocycles. The van der Waals surface area contributed by atoms with Crippen molar-refractivity contribution >= 4 is 12.2 Å². The second-order valence-electron chi connectivity index (χ2n) is 5.57. The van der Waals surface area contributed by atoms with Crippen molar-refractivity contribution in [3.63, 3.8) is 0 Å². The van der Waals surface area contributed by atoms with Crippen molar-refractivity contribution in [3.8, 4) is 11.3 Å². The van der Waals surface area contributed by atoms with E-state index in [-0.39, 0.29) is 5.41 Å². The highest BCUT2D eigenvalue weighted by atomic mass is 32.1. The number of aromatic amines is 1. The molecule has 0 aliphatic carbocycles. The van der Waals surface area contributed by atoms with E-state index in [9.17, 15) is 0 Å². The first kappa shape index (κ1) is 13.0. The van der Waals surface area contributed by atoms with Gasteiger partial charge in [-0.2, -0.15) is 0 Å². The van der Waals surface area contributed by atoms with Gasteiger partial charge in [0.25, 0.3) is 0 Å². The smallest absolute Gasteiger partial charge is 0.197 e. The molecule has 0 amide bonds. The molecular weight excluding hydrogens is 240 g/mol. The lowest BCUT2D eigenvalue weighted by molar-refractivity contribution is 0.590. The number of aromatic nitrogens is 2. The molecule has 0 saturated heterocycles. The number of hydrogen-bond donors (Lipinski definition) is 1. The molecule has 0 aliphatic rings. The van der Waals surface area contributed by atoms with E-state index in [0.717, 1.165) is 5.69 Å². The zero-order valence-electron chi connectivity index (χ0n) is 11.2. The lowest BCUT2D eigenvalue weighted by Crippen LogP contribution is -2.11. The number of rotatable bonds is 1. The minimum Gasteiger partial charge on any atom is -0.330 e. The standard InChI is InChI=1S/C15H18N2S/c1-10-5-6-11(15(2,3)4)9-12(10)13-7-8-16-14(18)17-13/h5-9H,1-4H3,(H,16,17,18). The van der Waals surface area contributed by atoms with E-state index in [1.807, 2.05) is 6.07 Å². The summed E-state index contributed by atoms with van der Waals surface area (Å²) in [5, 5.41) is 0. The second kappa shape index (κ2) is 4.65. The molecule has 18 heavy (non-hydrogen) atoms. The van der Waals surface area contributed by atoms with E-state index in [4.69, 9.17) is 12.2 Å². The van der Waals surface area contributed by atoms with Crippen LogP contribution in [0.2, 0.25) is 0 Å². The first-order valence-corrected chi connectivity index (χ1v) is 6.45. The molecular formula is C15H18N2S. The van der Waals surface area contributed by atoms with Crippen molar-refractivity contribution in [2.45, 2.75) is 33.1 Å². The lowest BCUT2D eigenvalue weighted by atomic mass is 9.85. The molecule has 0 bridgehead atoms. The van der Waals surface area contributed by atoms with Gasteiger partial charge >= 0.3 is 0 Å². The van der Waals surface area contributed by atoms with Crippen LogP contribution in [0.3, 0.4) is 0 Å². The van der Waals surface area contributed by atoms with Crippen molar-refractivity contribution in [2.75, 3.05) is 0 Å². The highest BCUT2D eigenvalue weighted by Gasteiger charge is 2.15. The Balaban J connectivity index is 2.60. The summed E-state index contributed by atoms with van der Waals surface area (Å²) in [6, 6.07) is 8.54. The fourth-order valence-electron chi connectivity index (χ4n) is 1.90. The van der Waals surface area contributed by atoms with E-state index < -0.39 is 0 Å². The number of nitrogens with zero attached hydrogens (tertiary/aromatic N) is 1. The van der Waals surface area contributed by atoms with Crippen LogP contribution in [0, 0.1) is 11.7 Å². The van der Waals surface area contributed by atoms with Crippen LogP contribution in [0.1, 0.15) is 31.9 Å². The zero-order chi connectivity index (χ0) is 13.3. The highest BCUT2D eigenvalue weighted by molar-refractivity contribution is 7.71. The van der Waals surface area contributed by atoms with Crippen LogP contribution in [-0.2, 0) is 5.41 Å². The minimum absolute atomic E-state index is 0.145. The average Bonchev–Trinajstić information content (AvgIpc) is 2.28. The molecule has 0 saturated carbocycles. The van der Waals surface area contributed by atoms with Gasteiger partial charge in [0.05, 0.1) is 0 Å². The molecule has 2 rings (SSSR count). The molecule has 1 heterocycles. The van der Waals surface area contributed by atoms with Gasteiger partial charge in [-0.15, -0.1) is 0 Å². The number of nitrogens with one attached hydrogen (secondary N) is 1. The quantitative estimate of drug-likeness (QED) is 0.767. The monoisotopic (exact) mass is 258 g/mol. The molecule has 0 spiro atoms. The van der Waals surface area contributed by atoms with Crippen LogP contribution in [-0.4, -0.2) is 9.97 Å². The third-order valence-corrected chi connectivity index (χ3v) is 3.28. The maximum Gasteiger partial charge on any atom is 0.197 e. The summed E-state index contributed by atoms with van der Waals surface area (Å²) in [4.78, 5) is 7.17. The summed E-state index contributed by atoms with van der Waals surface area (Å²) in [6.07, 6.45) is 1.75. The Bertz CT molecular complexity index is 621. The van der Waals surface area contributed by atoms with E-state index >= 15 is 0 Å². The van der Waals surface area contributed by atoms with Crippen LogP contribution in [0.4, 0.5) is 0 Å². The highest BCUT2D eigenvalue weighted by Crippen LogP contribution is 2.28. The third-order valence-electron chi connectivity index (χ3n) is 3.07. The van der Waals surface area contributed by atoms with E-state index in [1.54, 1.807) is 6.20 Å². The molecule has 3 heteroatoms. The van der Waals surface area contributed by atoms with Gasteiger partial charge in [-0.05, 0) is 47.8 Å². The first-order valence-electron chi connectivity index (χ1n) is 6.05. The average molecular weight is 258 g/mol. The van der Waals surface area contributed by atoms with Gasteiger partial charge < -0.3 is 4.98 Å². The van der Waals surface area contributed by atoms with Gasteiger partial charge in [-0.3, -0.25) is 0 Å². The zero-order valence-corrected chi connectivity index (χ0v) is 12.1. The van der Waals surface area contributed by atoms with Gasteiger partial charge in [-0.1, -0.05) is 32.9 Å². The fraction of sp³-hybridized carbons (Fsp3) is 0.333. The molecule has 1 aromatic carbocycles. The van der Waals surface area contributed by atoms with Crippen molar-refractivity contribution in [1.29, 1.82) is 0 Å². The van der Waals surface area contributed by atoms with Crippen molar-refractivity contribution in [2.24, 2.45) is 0 Å². The van der Waals surface area contributed by atoms with Crippen LogP contribution in [0.25, 0.3) is 11.3 Å². The first-order chi connectivity index (χ1) is 8.38. The van der Waals surface area contributed by atoms with Crippen LogP contribution < -0.4 is 0 Å². The van der Waals surface area contributed by atoms with Gasteiger partial charge in [0.15, 0.2) is 4.77 Å². The van der Waals surface area contributed by atoms with E-state index in [0.29, 0.717) is 4.77 Å². The van der Waals surface area contributed by atoms with E-state index in [1.165, 1.54) is 16.7 Å². The molecule has 94 valence electrons. The van der Waals surface area contributed by atoms with Crippen LogP contribution >= 0.6 is 12.2 Å². The summed E-state index contributed by atoms with van der Waals surface area (Å²) < 4.78 is 0.521. The van der Waals surface area contributed by atoms with Gasteiger partial charge in [-0.25, -0.2) is 4.98 Å². The Morgan fingerprint density at radius 1 is 1.17 bits per heavy atom. The fourth-order valence-corrected chi connectivity index (χ4v) is 2.08. The summed E-state index contributed by atoms with van der Waals surface area (Å²) in [7, 11) is 0. The molecule has 1 N–H and O–H groups in total. The molecule has 2 aromatic rings. The molecule has 2 nitrogen and oxygen atoms in total. The Morgan fingerprint density at radius 2 is 1.89 bits per heavy atom. The van der Waals surface area contributed by atoms with Crippen molar-refractivity contribution in [3.05, 3.63) is 46.4 Å². The lowest BCUT2D eigenvalue weighted by Gasteiger charge is -2.20. The van der Waals surface area contributed by atoms with Crippen molar-refractivity contribution in [1.82, 2.24) is 9.97 Å². The molecule has 0 aliphatic heterocycles. The molecule has 0 unspecified atom stereocenters. The summed E-state index contributed by atoms with van der Waals surface area (Å²) in [5.41, 5.74) is 4.92. The van der Waals surface area contributed by atoms with E-state index in [2.05, 4.69) is 55.9 Å². The maximum absolute atomic E-state index is 5.08. The largest absolute Gasteiger partial charge is 0.330 e. The molecule has 0 fully saturated rings. The predicted molar refractivity (Wildman–Crippen MR) is 78.3 cm³/mol. The number of H-pyrrole nitrogens is 1. The molecule has 0 radical (unpaired) electrons. The normalized spacial score (nSPS) is 11.6. The van der Waals surface area contributed by atoms with Gasteiger partial charge in [0.2, 0.25) is 0 Å². The minimum atomic E-state index is 0.145. The van der Waals surface area contributed by atoms with Gasteiger partial charge in [0.1, 0.15) is 0 Å². The topological polar surface area (TPSA) is 28.7 Å². The Morgan fingerprint density at radius 3 is 2.50 bits per heavy atom. The Labute approximate surface area is 113 Å². The van der Waals surface area contributed by atoms with Crippen LogP contribution in [0.15, 0.2) is 30.5 Å². The summed E-state index contributed by atoms with van der Waals surface area (Å²) in [6.45, 7) is 8.77. The SMILES string of the molecule is Cc1ccc(C(C)(C)C)cc1-c1ccnc(=S)[nH]1. The van der Waals surface area contributed by atoms with Gasteiger partial charge in [0, 0.05) is 17.5 Å². The van der Waals surface area contributed by atoms with Crippen molar-refractivity contribution < 1.29 is 0 Å². The van der Waals surface area contributed by atoms with Crippen LogP contribution in [0.5, 0.6) is 0 Å². The Kier molecular flexibility index (Phi) is 3.35. The second-order valence-corrected chi connectivity index (χ2v) is 5.96. The summed E-state index contributed by atoms with van der Waals surface area (Å²) >= 11 is 5.08. The Hall–Kier alpha value is -1.48. The third kappa shape index (κ3) is 2.67. The number of hydrogen-bond acceptors (Lipinski definition) is 2.